The van der Waals surface area contributed by atoms with Crippen molar-refractivity contribution in [3.8, 4) is 0 Å². The highest BCUT2D eigenvalue weighted by atomic mass is 16.2. The van der Waals surface area contributed by atoms with E-state index in [0.717, 1.165) is 11.3 Å². The number of benzene rings is 1. The molecule has 2 heterocycles. The van der Waals surface area contributed by atoms with Gasteiger partial charge in [0, 0.05) is 24.0 Å². The molecule has 2 amide bonds. The molecule has 0 radical (unpaired) electrons. The molecule has 1 aliphatic rings. The highest BCUT2D eigenvalue weighted by molar-refractivity contribution is 6.01. The lowest BCUT2D eigenvalue weighted by atomic mass is 10.2. The summed E-state index contributed by atoms with van der Waals surface area (Å²) in [5, 5.41) is 2.76. The number of pyridine rings is 1. The molecular weight excluding hydrogens is 318 g/mol. The average molecular weight is 339 g/mol. The molecule has 1 aromatic carbocycles. The minimum absolute atomic E-state index is 0.00213. The molecule has 3 rings (SSSR count). The van der Waals surface area contributed by atoms with Gasteiger partial charge < -0.3 is 14.8 Å². The first-order chi connectivity index (χ1) is 12.0. The molecule has 1 aromatic heterocycles. The quantitative estimate of drug-likeness (QED) is 0.917. The first kappa shape index (κ1) is 17.0. The summed E-state index contributed by atoms with van der Waals surface area (Å²) in [6, 6.07) is 12.1. The maximum absolute atomic E-state index is 12.7. The summed E-state index contributed by atoms with van der Waals surface area (Å²) < 4.78 is 1.33. The van der Waals surface area contributed by atoms with Crippen LogP contribution >= 0.6 is 0 Å². The van der Waals surface area contributed by atoms with Gasteiger partial charge in [0.1, 0.15) is 12.6 Å². The predicted octanol–water partition coefficient (Wildman–Crippen LogP) is 1.47. The van der Waals surface area contributed by atoms with E-state index in [1.54, 1.807) is 17.2 Å². The van der Waals surface area contributed by atoms with Gasteiger partial charge in [-0.1, -0.05) is 18.2 Å². The molecule has 1 N–H and O–H groups in total. The Kier molecular flexibility index (Phi) is 4.70. The van der Waals surface area contributed by atoms with Gasteiger partial charge >= 0.3 is 0 Å². The zero-order chi connectivity index (χ0) is 18.0. The number of anilines is 1. The van der Waals surface area contributed by atoms with Gasteiger partial charge in [-0.15, -0.1) is 0 Å². The van der Waals surface area contributed by atoms with Crippen LogP contribution in [0.25, 0.3) is 0 Å². The number of carbonyl (C=O) groups excluding carboxylic acids is 2. The van der Waals surface area contributed by atoms with Crippen LogP contribution in [0, 0.1) is 6.92 Å². The van der Waals surface area contributed by atoms with Gasteiger partial charge in [-0.25, -0.2) is 0 Å². The number of hydrogen-bond acceptors (Lipinski definition) is 3. The second-order valence-corrected chi connectivity index (χ2v) is 6.42. The minimum Gasteiger partial charge on any atom is -0.343 e. The number of nitrogens with one attached hydrogen (secondary N) is 1. The Bertz CT molecular complexity index is 844. The van der Waals surface area contributed by atoms with Crippen LogP contribution in [-0.4, -0.2) is 28.5 Å². The first-order valence-electron chi connectivity index (χ1n) is 8.30. The van der Waals surface area contributed by atoms with Crippen LogP contribution in [0.15, 0.2) is 53.5 Å². The van der Waals surface area contributed by atoms with Crippen molar-refractivity contribution >= 4 is 17.5 Å². The Morgan fingerprint density at radius 2 is 1.92 bits per heavy atom. The first-order valence-corrected chi connectivity index (χ1v) is 8.30. The van der Waals surface area contributed by atoms with Crippen molar-refractivity contribution in [2.45, 2.75) is 38.9 Å². The van der Waals surface area contributed by atoms with Gasteiger partial charge in [0.05, 0.1) is 0 Å². The second-order valence-electron chi connectivity index (χ2n) is 6.42. The standard InChI is InChI=1S/C19H21N3O3/c1-13-8-9-21(18(24)10-13)12-17(23)20-16-11-14(2)22(19(16)25)15-6-4-3-5-7-15/h3-10,14,16H,11-12H2,1-2H3,(H,20,23)/t14-,16-/m0/s1. The summed E-state index contributed by atoms with van der Waals surface area (Å²) in [4.78, 5) is 38.5. The van der Waals surface area contributed by atoms with E-state index in [-0.39, 0.29) is 30.0 Å². The van der Waals surface area contributed by atoms with E-state index in [9.17, 15) is 14.4 Å². The Labute approximate surface area is 146 Å². The van der Waals surface area contributed by atoms with Crippen LogP contribution in [0.4, 0.5) is 5.69 Å². The summed E-state index contributed by atoms with van der Waals surface area (Å²) >= 11 is 0. The van der Waals surface area contributed by atoms with Crippen LogP contribution < -0.4 is 15.8 Å². The molecular formula is C19H21N3O3. The van der Waals surface area contributed by atoms with E-state index in [2.05, 4.69) is 5.32 Å². The monoisotopic (exact) mass is 339 g/mol. The fourth-order valence-corrected chi connectivity index (χ4v) is 3.16. The van der Waals surface area contributed by atoms with Crippen LogP contribution in [0.5, 0.6) is 0 Å². The smallest absolute Gasteiger partial charge is 0.251 e. The number of aryl methyl sites for hydroxylation is 1. The highest BCUT2D eigenvalue weighted by Crippen LogP contribution is 2.26. The molecule has 25 heavy (non-hydrogen) atoms. The minimum atomic E-state index is -0.566. The molecule has 0 bridgehead atoms. The number of rotatable bonds is 4. The molecule has 2 aromatic rings. The van der Waals surface area contributed by atoms with Crippen LogP contribution in [0.3, 0.4) is 0 Å². The SMILES string of the molecule is Cc1ccn(CC(=O)N[C@H]2C[C@H](C)N(c3ccccc3)C2=O)c(=O)c1. The summed E-state index contributed by atoms with van der Waals surface area (Å²) in [7, 11) is 0. The number of amides is 2. The van der Waals surface area contributed by atoms with Crippen molar-refractivity contribution in [1.29, 1.82) is 0 Å². The number of nitrogens with zero attached hydrogens (tertiary/aromatic N) is 2. The van der Waals surface area contributed by atoms with Gasteiger partial charge in [-0.05, 0) is 44.0 Å². The topological polar surface area (TPSA) is 71.4 Å². The molecule has 2 atom stereocenters. The summed E-state index contributed by atoms with van der Waals surface area (Å²) in [6.07, 6.45) is 2.13. The Hall–Kier alpha value is -2.89. The normalized spacial score (nSPS) is 19.9. The van der Waals surface area contributed by atoms with E-state index < -0.39 is 6.04 Å². The lowest BCUT2D eigenvalue weighted by Crippen LogP contribution is -2.43. The summed E-state index contributed by atoms with van der Waals surface area (Å²) in [5.41, 5.74) is 1.44. The van der Waals surface area contributed by atoms with Crippen LogP contribution in [0.1, 0.15) is 18.9 Å². The van der Waals surface area contributed by atoms with Crippen molar-refractivity contribution in [2.24, 2.45) is 0 Å². The average Bonchev–Trinajstić information content (AvgIpc) is 2.85. The molecule has 0 spiro atoms. The van der Waals surface area contributed by atoms with Gasteiger partial charge in [0.25, 0.3) is 5.56 Å². The fraction of sp³-hybridized carbons (Fsp3) is 0.316. The summed E-state index contributed by atoms with van der Waals surface area (Å²) in [5.74, 6) is -0.463. The molecule has 6 nitrogen and oxygen atoms in total. The Balaban J connectivity index is 1.68. The van der Waals surface area contributed by atoms with Crippen molar-refractivity contribution in [3.63, 3.8) is 0 Å². The molecule has 1 aliphatic heterocycles. The number of hydrogen-bond donors (Lipinski definition) is 1. The number of para-hydroxylation sites is 1. The molecule has 1 fully saturated rings. The van der Waals surface area contributed by atoms with Crippen molar-refractivity contribution in [1.82, 2.24) is 9.88 Å². The predicted molar refractivity (Wildman–Crippen MR) is 95.4 cm³/mol. The van der Waals surface area contributed by atoms with E-state index in [1.807, 2.05) is 44.2 Å². The van der Waals surface area contributed by atoms with Gasteiger partial charge in [0.2, 0.25) is 11.8 Å². The Morgan fingerprint density at radius 1 is 1.20 bits per heavy atom. The Morgan fingerprint density at radius 3 is 2.60 bits per heavy atom. The van der Waals surface area contributed by atoms with E-state index in [1.165, 1.54) is 10.6 Å². The van der Waals surface area contributed by atoms with Crippen molar-refractivity contribution in [3.05, 3.63) is 64.6 Å². The summed E-state index contributed by atoms with van der Waals surface area (Å²) in [6.45, 7) is 3.69. The lowest BCUT2D eigenvalue weighted by molar-refractivity contribution is -0.126. The van der Waals surface area contributed by atoms with Gasteiger partial charge in [-0.2, -0.15) is 0 Å². The molecule has 1 saturated heterocycles. The van der Waals surface area contributed by atoms with Gasteiger partial charge in [-0.3, -0.25) is 14.4 Å². The second kappa shape index (κ2) is 6.93. The highest BCUT2D eigenvalue weighted by Gasteiger charge is 2.38. The molecule has 130 valence electrons. The zero-order valence-corrected chi connectivity index (χ0v) is 14.3. The largest absolute Gasteiger partial charge is 0.343 e. The maximum atomic E-state index is 12.7. The lowest BCUT2D eigenvalue weighted by Gasteiger charge is -2.21. The fourth-order valence-electron chi connectivity index (χ4n) is 3.16. The van der Waals surface area contributed by atoms with Crippen LogP contribution in [-0.2, 0) is 16.1 Å². The van der Waals surface area contributed by atoms with Crippen molar-refractivity contribution in [2.75, 3.05) is 4.90 Å². The maximum Gasteiger partial charge on any atom is 0.251 e. The van der Waals surface area contributed by atoms with E-state index >= 15 is 0 Å². The molecule has 0 aliphatic carbocycles. The van der Waals surface area contributed by atoms with Crippen LogP contribution in [0.2, 0.25) is 0 Å². The third-order valence-electron chi connectivity index (χ3n) is 4.39. The zero-order valence-electron chi connectivity index (χ0n) is 14.3. The number of carbonyl (C=O) groups is 2. The number of aromatic nitrogens is 1. The van der Waals surface area contributed by atoms with Gasteiger partial charge in [0.15, 0.2) is 0 Å². The molecule has 0 unspecified atom stereocenters. The van der Waals surface area contributed by atoms with Crippen molar-refractivity contribution < 1.29 is 9.59 Å². The van der Waals surface area contributed by atoms with E-state index in [0.29, 0.717) is 6.42 Å². The third-order valence-corrected chi connectivity index (χ3v) is 4.39. The molecule has 6 heteroatoms. The van der Waals surface area contributed by atoms with E-state index in [4.69, 9.17) is 0 Å². The third kappa shape index (κ3) is 3.63. The molecule has 0 saturated carbocycles.